The van der Waals surface area contributed by atoms with Gasteiger partial charge in [0, 0.05) is 25.2 Å². The van der Waals surface area contributed by atoms with Crippen molar-refractivity contribution in [1.82, 2.24) is 4.90 Å². The van der Waals surface area contributed by atoms with Crippen LogP contribution >= 0.6 is 0 Å². The second kappa shape index (κ2) is 3.35. The van der Waals surface area contributed by atoms with Crippen molar-refractivity contribution in [2.75, 3.05) is 13.7 Å². The topological polar surface area (TPSA) is 12.5 Å². The van der Waals surface area contributed by atoms with Crippen molar-refractivity contribution < 1.29 is 4.74 Å². The molecular formula is C10H21NO. The molecule has 2 unspecified atom stereocenters. The predicted octanol–water partition coefficient (Wildman–Crippen LogP) is 1.89. The van der Waals surface area contributed by atoms with E-state index in [2.05, 4.69) is 32.6 Å². The first-order chi connectivity index (χ1) is 5.46. The minimum Gasteiger partial charge on any atom is -0.380 e. The molecule has 0 N–H and O–H groups in total. The van der Waals surface area contributed by atoms with Crippen LogP contribution in [0.3, 0.4) is 0 Å². The molecule has 0 aromatic heterocycles. The molecule has 0 aromatic rings. The number of likely N-dealkylation sites (tertiary alicyclic amines) is 1. The van der Waals surface area contributed by atoms with E-state index in [1.165, 1.54) is 13.0 Å². The summed E-state index contributed by atoms with van der Waals surface area (Å²) >= 11 is 0. The Kier molecular flexibility index (Phi) is 2.79. The highest BCUT2D eigenvalue weighted by Gasteiger charge is 2.36. The van der Waals surface area contributed by atoms with E-state index in [9.17, 15) is 0 Å². The average molecular weight is 171 g/mol. The van der Waals surface area contributed by atoms with Crippen LogP contribution in [-0.2, 0) is 4.74 Å². The summed E-state index contributed by atoms with van der Waals surface area (Å²) in [6, 6.07) is 0.565. The molecule has 1 heterocycles. The van der Waals surface area contributed by atoms with Gasteiger partial charge < -0.3 is 4.74 Å². The standard InChI is InChI=1S/C10H21NO/c1-8-9(12-5)6-7-11(8)10(2,3)4/h8-9H,6-7H2,1-5H3. The Labute approximate surface area is 75.9 Å². The lowest BCUT2D eigenvalue weighted by Crippen LogP contribution is -2.45. The first kappa shape index (κ1) is 10.0. The highest BCUT2D eigenvalue weighted by molar-refractivity contribution is 4.91. The zero-order valence-corrected chi connectivity index (χ0v) is 8.92. The van der Waals surface area contributed by atoms with E-state index in [1.807, 2.05) is 7.11 Å². The lowest BCUT2D eigenvalue weighted by molar-refractivity contribution is 0.0444. The number of methoxy groups -OCH3 is 1. The molecule has 72 valence electrons. The van der Waals surface area contributed by atoms with E-state index in [4.69, 9.17) is 4.74 Å². The number of rotatable bonds is 1. The molecule has 0 amide bonds. The Morgan fingerprint density at radius 2 is 1.92 bits per heavy atom. The molecular weight excluding hydrogens is 150 g/mol. The summed E-state index contributed by atoms with van der Waals surface area (Å²) in [7, 11) is 1.81. The van der Waals surface area contributed by atoms with Gasteiger partial charge in [0.2, 0.25) is 0 Å². The van der Waals surface area contributed by atoms with Crippen LogP contribution in [0.15, 0.2) is 0 Å². The minimum absolute atomic E-state index is 0.284. The highest BCUT2D eigenvalue weighted by atomic mass is 16.5. The number of ether oxygens (including phenoxy) is 1. The monoisotopic (exact) mass is 171 g/mol. The van der Waals surface area contributed by atoms with Gasteiger partial charge in [0.05, 0.1) is 6.10 Å². The quantitative estimate of drug-likeness (QED) is 0.597. The maximum Gasteiger partial charge on any atom is 0.0736 e. The molecule has 2 heteroatoms. The van der Waals surface area contributed by atoms with Crippen LogP contribution in [0.25, 0.3) is 0 Å². The van der Waals surface area contributed by atoms with Crippen molar-refractivity contribution in [3.8, 4) is 0 Å². The summed E-state index contributed by atoms with van der Waals surface area (Å²) in [6.45, 7) is 10.2. The van der Waals surface area contributed by atoms with E-state index in [0.717, 1.165) is 0 Å². The van der Waals surface area contributed by atoms with Crippen molar-refractivity contribution in [3.63, 3.8) is 0 Å². The van der Waals surface area contributed by atoms with E-state index in [-0.39, 0.29) is 5.54 Å². The van der Waals surface area contributed by atoms with Crippen LogP contribution in [0.4, 0.5) is 0 Å². The first-order valence-corrected chi connectivity index (χ1v) is 4.76. The van der Waals surface area contributed by atoms with Crippen molar-refractivity contribution in [3.05, 3.63) is 0 Å². The largest absolute Gasteiger partial charge is 0.380 e. The molecule has 1 saturated heterocycles. The lowest BCUT2D eigenvalue weighted by Gasteiger charge is -2.36. The fraction of sp³-hybridized carbons (Fsp3) is 1.00. The lowest BCUT2D eigenvalue weighted by atomic mass is 10.0. The summed E-state index contributed by atoms with van der Waals surface area (Å²) in [5.74, 6) is 0. The summed E-state index contributed by atoms with van der Waals surface area (Å²) in [6.07, 6.45) is 1.61. The van der Waals surface area contributed by atoms with Gasteiger partial charge in [0.15, 0.2) is 0 Å². The van der Waals surface area contributed by atoms with Crippen molar-refractivity contribution >= 4 is 0 Å². The van der Waals surface area contributed by atoms with E-state index >= 15 is 0 Å². The Hall–Kier alpha value is -0.0800. The van der Waals surface area contributed by atoms with Crippen LogP contribution < -0.4 is 0 Å². The summed E-state index contributed by atoms with van der Waals surface area (Å²) in [5.41, 5.74) is 0.284. The third-order valence-corrected chi connectivity index (χ3v) is 2.85. The number of nitrogens with zero attached hydrogens (tertiary/aromatic N) is 1. The average Bonchev–Trinajstić information content (AvgIpc) is 2.29. The number of hydrogen-bond acceptors (Lipinski definition) is 2. The maximum atomic E-state index is 5.41. The van der Waals surface area contributed by atoms with Gasteiger partial charge in [0.1, 0.15) is 0 Å². The molecule has 1 aliphatic rings. The normalized spacial score (nSPS) is 32.8. The molecule has 0 aliphatic carbocycles. The van der Waals surface area contributed by atoms with Crippen LogP contribution in [0, 0.1) is 0 Å². The van der Waals surface area contributed by atoms with Gasteiger partial charge in [-0.05, 0) is 34.1 Å². The zero-order valence-electron chi connectivity index (χ0n) is 8.92. The van der Waals surface area contributed by atoms with Crippen LogP contribution in [0.2, 0.25) is 0 Å². The van der Waals surface area contributed by atoms with Gasteiger partial charge >= 0.3 is 0 Å². The van der Waals surface area contributed by atoms with E-state index in [1.54, 1.807) is 0 Å². The second-order valence-corrected chi connectivity index (χ2v) is 4.67. The van der Waals surface area contributed by atoms with E-state index < -0.39 is 0 Å². The fourth-order valence-electron chi connectivity index (χ4n) is 2.17. The van der Waals surface area contributed by atoms with Gasteiger partial charge in [-0.15, -0.1) is 0 Å². The molecule has 0 spiro atoms. The molecule has 12 heavy (non-hydrogen) atoms. The third-order valence-electron chi connectivity index (χ3n) is 2.85. The van der Waals surface area contributed by atoms with Gasteiger partial charge in [-0.25, -0.2) is 0 Å². The Morgan fingerprint density at radius 1 is 1.33 bits per heavy atom. The van der Waals surface area contributed by atoms with Crippen molar-refractivity contribution in [2.45, 2.75) is 51.8 Å². The van der Waals surface area contributed by atoms with Gasteiger partial charge in [-0.2, -0.15) is 0 Å². The first-order valence-electron chi connectivity index (χ1n) is 4.76. The summed E-state index contributed by atoms with van der Waals surface area (Å²) in [5, 5.41) is 0. The van der Waals surface area contributed by atoms with Crippen LogP contribution in [0.5, 0.6) is 0 Å². The van der Waals surface area contributed by atoms with Crippen molar-refractivity contribution in [2.24, 2.45) is 0 Å². The van der Waals surface area contributed by atoms with Crippen LogP contribution in [0.1, 0.15) is 34.1 Å². The summed E-state index contributed by atoms with van der Waals surface area (Å²) in [4.78, 5) is 2.52. The Balaban J connectivity index is 2.61. The molecule has 0 saturated carbocycles. The molecule has 1 aliphatic heterocycles. The fourth-order valence-corrected chi connectivity index (χ4v) is 2.17. The van der Waals surface area contributed by atoms with Crippen LogP contribution in [-0.4, -0.2) is 36.2 Å². The second-order valence-electron chi connectivity index (χ2n) is 4.67. The van der Waals surface area contributed by atoms with E-state index in [0.29, 0.717) is 12.1 Å². The van der Waals surface area contributed by atoms with Crippen molar-refractivity contribution in [1.29, 1.82) is 0 Å². The smallest absolute Gasteiger partial charge is 0.0736 e. The molecule has 0 bridgehead atoms. The predicted molar refractivity (Wildman–Crippen MR) is 51.3 cm³/mol. The zero-order chi connectivity index (χ0) is 9.35. The molecule has 2 nitrogen and oxygen atoms in total. The minimum atomic E-state index is 0.284. The highest BCUT2D eigenvalue weighted by Crippen LogP contribution is 2.27. The summed E-state index contributed by atoms with van der Waals surface area (Å²) < 4.78 is 5.41. The maximum absolute atomic E-state index is 5.41. The molecule has 0 aromatic carbocycles. The molecule has 2 atom stereocenters. The Bertz CT molecular complexity index is 150. The van der Waals surface area contributed by atoms with Gasteiger partial charge in [-0.3, -0.25) is 4.90 Å². The van der Waals surface area contributed by atoms with Gasteiger partial charge in [-0.1, -0.05) is 0 Å². The Morgan fingerprint density at radius 3 is 2.17 bits per heavy atom. The molecule has 1 fully saturated rings. The molecule has 1 rings (SSSR count). The SMILES string of the molecule is COC1CCN(C(C)(C)C)C1C. The third kappa shape index (κ3) is 1.80. The molecule has 0 radical (unpaired) electrons. The number of hydrogen-bond donors (Lipinski definition) is 0. The van der Waals surface area contributed by atoms with Gasteiger partial charge in [0.25, 0.3) is 0 Å².